The minimum Gasteiger partial charge on any atom is -0.452 e. The zero-order valence-electron chi connectivity index (χ0n) is 15.1. The molecule has 0 fully saturated rings. The molecule has 2 rings (SSSR count). The highest BCUT2D eigenvalue weighted by atomic mass is 32.2. The zero-order valence-corrected chi connectivity index (χ0v) is 16.8. The van der Waals surface area contributed by atoms with Crippen LogP contribution < -0.4 is 5.32 Å². The molecule has 0 aliphatic carbocycles. The molecule has 144 valence electrons. The average molecular weight is 409 g/mol. The Kier molecular flexibility index (Phi) is 6.89. The maximum absolute atomic E-state index is 12.3. The number of carbonyl (C=O) groups is 2. The van der Waals surface area contributed by atoms with Gasteiger partial charge < -0.3 is 10.1 Å². The van der Waals surface area contributed by atoms with Gasteiger partial charge in [-0.1, -0.05) is 12.1 Å². The van der Waals surface area contributed by atoms with Crippen molar-refractivity contribution in [2.24, 2.45) is 0 Å². The number of carbonyl (C=O) groups excluding carboxylic acids is 2. The molecule has 0 unspecified atom stereocenters. The number of ether oxygens (including phenoxy) is 1. The molecule has 0 bridgehead atoms. The molecule has 0 spiro atoms. The largest absolute Gasteiger partial charge is 0.452 e. The van der Waals surface area contributed by atoms with Gasteiger partial charge in [-0.05, 0) is 42.1 Å². The highest BCUT2D eigenvalue weighted by Crippen LogP contribution is 2.22. The van der Waals surface area contributed by atoms with E-state index >= 15 is 0 Å². The van der Waals surface area contributed by atoms with Gasteiger partial charge in [-0.2, -0.15) is 0 Å². The third kappa shape index (κ3) is 5.75. The van der Waals surface area contributed by atoms with Crippen molar-refractivity contribution in [2.45, 2.75) is 11.8 Å². The molecule has 0 radical (unpaired) electrons. The lowest BCUT2D eigenvalue weighted by molar-refractivity contribution is -0.142. The Morgan fingerprint density at radius 1 is 1.26 bits per heavy atom. The standard InChI is InChI=1S/C18H20N2O5S2/c1-13-6-7-14(11-16(13)27(23,24)20(2)3)19-17(21)12-25-18(22)9-8-15-5-4-10-26-15/h4-11H,12H2,1-3H3,(H,19,21)/b9-8+. The van der Waals surface area contributed by atoms with Crippen LogP contribution in [-0.4, -0.2) is 45.3 Å². The maximum Gasteiger partial charge on any atom is 0.331 e. The Morgan fingerprint density at radius 3 is 2.63 bits per heavy atom. The lowest BCUT2D eigenvalue weighted by Gasteiger charge is -2.15. The van der Waals surface area contributed by atoms with Gasteiger partial charge in [-0.25, -0.2) is 17.5 Å². The van der Waals surface area contributed by atoms with E-state index in [1.807, 2.05) is 17.5 Å². The molecule has 0 aliphatic heterocycles. The number of benzene rings is 1. The number of nitrogens with one attached hydrogen (secondary N) is 1. The lowest BCUT2D eigenvalue weighted by Crippen LogP contribution is -2.24. The molecule has 0 atom stereocenters. The van der Waals surface area contributed by atoms with E-state index in [2.05, 4.69) is 5.32 Å². The van der Waals surface area contributed by atoms with E-state index in [1.165, 1.54) is 37.6 Å². The zero-order chi connectivity index (χ0) is 20.0. The van der Waals surface area contributed by atoms with Gasteiger partial charge >= 0.3 is 5.97 Å². The van der Waals surface area contributed by atoms with Crippen molar-refractivity contribution in [1.82, 2.24) is 4.31 Å². The smallest absolute Gasteiger partial charge is 0.331 e. The molecule has 1 aromatic heterocycles. The van der Waals surface area contributed by atoms with Gasteiger partial charge in [0.2, 0.25) is 10.0 Å². The van der Waals surface area contributed by atoms with Crippen LogP contribution in [0.4, 0.5) is 5.69 Å². The number of amides is 1. The first-order valence-corrected chi connectivity index (χ1v) is 10.2. The van der Waals surface area contributed by atoms with Crippen LogP contribution in [0.5, 0.6) is 0 Å². The van der Waals surface area contributed by atoms with E-state index < -0.39 is 28.5 Å². The molecule has 27 heavy (non-hydrogen) atoms. The molecular formula is C18H20N2O5S2. The summed E-state index contributed by atoms with van der Waals surface area (Å²) in [4.78, 5) is 24.6. The molecule has 1 amide bonds. The summed E-state index contributed by atoms with van der Waals surface area (Å²) < 4.78 is 30.6. The van der Waals surface area contributed by atoms with Crippen molar-refractivity contribution < 1.29 is 22.7 Å². The summed E-state index contributed by atoms with van der Waals surface area (Å²) in [6.07, 6.45) is 2.84. The summed E-state index contributed by atoms with van der Waals surface area (Å²) in [5.41, 5.74) is 0.864. The van der Waals surface area contributed by atoms with E-state index in [9.17, 15) is 18.0 Å². The summed E-state index contributed by atoms with van der Waals surface area (Å²) in [6, 6.07) is 8.26. The van der Waals surface area contributed by atoms with Crippen molar-refractivity contribution in [3.63, 3.8) is 0 Å². The van der Waals surface area contributed by atoms with Gasteiger partial charge in [-0.3, -0.25) is 4.79 Å². The molecule has 2 aromatic rings. The molecule has 1 N–H and O–H groups in total. The summed E-state index contributed by atoms with van der Waals surface area (Å²) in [6.45, 7) is 1.20. The topological polar surface area (TPSA) is 92.8 Å². The van der Waals surface area contributed by atoms with Crippen molar-refractivity contribution in [1.29, 1.82) is 0 Å². The fourth-order valence-corrected chi connectivity index (χ4v) is 3.83. The van der Waals surface area contributed by atoms with E-state index in [0.29, 0.717) is 11.3 Å². The average Bonchev–Trinajstić information content (AvgIpc) is 3.13. The Hall–Kier alpha value is -2.49. The van der Waals surface area contributed by atoms with Crippen molar-refractivity contribution >= 4 is 45.0 Å². The van der Waals surface area contributed by atoms with E-state index in [0.717, 1.165) is 9.18 Å². The Morgan fingerprint density at radius 2 is 2.00 bits per heavy atom. The van der Waals surface area contributed by atoms with Gasteiger partial charge in [0.1, 0.15) is 0 Å². The Bertz CT molecular complexity index is 948. The Labute approximate surface area is 162 Å². The number of nitrogens with zero attached hydrogens (tertiary/aromatic N) is 1. The van der Waals surface area contributed by atoms with E-state index in [-0.39, 0.29) is 4.90 Å². The summed E-state index contributed by atoms with van der Waals surface area (Å²) in [7, 11) is -0.765. The highest BCUT2D eigenvalue weighted by molar-refractivity contribution is 7.89. The number of thiophene rings is 1. The fraction of sp³-hybridized carbons (Fsp3) is 0.222. The molecule has 7 nitrogen and oxygen atoms in total. The number of esters is 1. The number of sulfonamides is 1. The second kappa shape index (κ2) is 8.94. The molecular weight excluding hydrogens is 388 g/mol. The van der Waals surface area contributed by atoms with Crippen molar-refractivity contribution in [3.8, 4) is 0 Å². The summed E-state index contributed by atoms with van der Waals surface area (Å²) in [5.74, 6) is -1.21. The van der Waals surface area contributed by atoms with Gasteiger partial charge in [0.05, 0.1) is 4.90 Å². The first-order valence-electron chi connectivity index (χ1n) is 7.91. The molecule has 0 saturated heterocycles. The van der Waals surface area contributed by atoms with Gasteiger partial charge in [0.15, 0.2) is 6.61 Å². The first-order chi connectivity index (χ1) is 12.7. The van der Waals surface area contributed by atoms with Gasteiger partial charge in [0.25, 0.3) is 5.91 Å². The third-order valence-corrected chi connectivity index (χ3v) is 6.30. The quantitative estimate of drug-likeness (QED) is 0.561. The summed E-state index contributed by atoms with van der Waals surface area (Å²) >= 11 is 1.47. The third-order valence-electron chi connectivity index (χ3n) is 3.50. The minimum absolute atomic E-state index is 0.0983. The van der Waals surface area contributed by atoms with Crippen LogP contribution in [-0.2, 0) is 24.3 Å². The second-order valence-corrected chi connectivity index (χ2v) is 8.87. The summed E-state index contributed by atoms with van der Waals surface area (Å²) in [5, 5.41) is 4.40. The van der Waals surface area contributed by atoms with Crippen LogP contribution in [0.25, 0.3) is 6.08 Å². The normalized spacial score (nSPS) is 11.7. The highest BCUT2D eigenvalue weighted by Gasteiger charge is 2.20. The van der Waals surface area contributed by atoms with Crippen LogP contribution in [0.3, 0.4) is 0 Å². The predicted octanol–water partition coefficient (Wildman–Crippen LogP) is 2.50. The molecule has 1 aromatic carbocycles. The number of hydrogen-bond donors (Lipinski definition) is 1. The van der Waals surface area contributed by atoms with Crippen molar-refractivity contribution in [3.05, 3.63) is 52.2 Å². The molecule has 0 saturated carbocycles. The van der Waals surface area contributed by atoms with Crippen molar-refractivity contribution in [2.75, 3.05) is 26.0 Å². The SMILES string of the molecule is Cc1ccc(NC(=O)COC(=O)/C=C/c2cccs2)cc1S(=O)(=O)N(C)C. The molecule has 0 aliphatic rings. The number of hydrogen-bond acceptors (Lipinski definition) is 6. The van der Waals surface area contributed by atoms with Crippen LogP contribution in [0.2, 0.25) is 0 Å². The molecule has 1 heterocycles. The number of aryl methyl sites for hydroxylation is 1. The fourth-order valence-electron chi connectivity index (χ4n) is 2.07. The number of rotatable bonds is 7. The van der Waals surface area contributed by atoms with Crippen LogP contribution >= 0.6 is 11.3 Å². The van der Waals surface area contributed by atoms with Gasteiger partial charge in [-0.15, -0.1) is 11.3 Å². The second-order valence-electron chi connectivity index (χ2n) is 5.77. The van der Waals surface area contributed by atoms with Gasteiger partial charge in [0, 0.05) is 30.7 Å². The number of anilines is 1. The van der Waals surface area contributed by atoms with Crippen LogP contribution in [0, 0.1) is 6.92 Å². The monoisotopic (exact) mass is 408 g/mol. The van der Waals surface area contributed by atoms with E-state index in [1.54, 1.807) is 25.1 Å². The van der Waals surface area contributed by atoms with Crippen LogP contribution in [0.1, 0.15) is 10.4 Å². The lowest BCUT2D eigenvalue weighted by atomic mass is 10.2. The maximum atomic E-state index is 12.3. The van der Waals surface area contributed by atoms with Crippen LogP contribution in [0.15, 0.2) is 46.7 Å². The minimum atomic E-state index is -3.63. The molecule has 9 heteroatoms. The predicted molar refractivity (Wildman–Crippen MR) is 105 cm³/mol. The van der Waals surface area contributed by atoms with E-state index in [4.69, 9.17) is 4.74 Å². The Balaban J connectivity index is 1.97. The first kappa shape index (κ1) is 20.8.